The van der Waals surface area contributed by atoms with Crippen molar-refractivity contribution >= 4 is 34.9 Å². The van der Waals surface area contributed by atoms with Gasteiger partial charge in [0, 0.05) is 27.0 Å². The lowest BCUT2D eigenvalue weighted by molar-refractivity contribution is 0.267. The van der Waals surface area contributed by atoms with Gasteiger partial charge in [-0.3, -0.25) is 0 Å². The van der Waals surface area contributed by atoms with Crippen LogP contribution in [-0.2, 0) is 15.9 Å². The quantitative estimate of drug-likeness (QED) is 0.134. The lowest BCUT2D eigenvalue weighted by Crippen LogP contribution is -2.27. The molecule has 5 rings (SSSR count). The van der Waals surface area contributed by atoms with E-state index in [1.54, 1.807) is 0 Å². The second kappa shape index (κ2) is 11.1. The first-order valence-electron chi connectivity index (χ1n) is 12.0. The fourth-order valence-corrected chi connectivity index (χ4v) is 7.19. The fourth-order valence-electron chi connectivity index (χ4n) is 4.31. The average Bonchev–Trinajstić information content (AvgIpc) is 2.97. The molecule has 0 heterocycles. The first-order valence-corrected chi connectivity index (χ1v) is 13.7. The highest BCUT2D eigenvalue weighted by Crippen LogP contribution is 2.43. The molecule has 0 saturated heterocycles. The van der Waals surface area contributed by atoms with Crippen molar-refractivity contribution < 1.29 is 9.30 Å². The van der Waals surface area contributed by atoms with Gasteiger partial charge in [-0.15, -0.1) is 0 Å². The molecule has 0 unspecified atom stereocenters. The number of hydrogen-bond donors (Lipinski definition) is 0. The Morgan fingerprint density at radius 3 is 1.64 bits per heavy atom. The van der Waals surface area contributed by atoms with Gasteiger partial charge in [0.05, 0.1) is 0 Å². The Hall–Kier alpha value is -4.13. The summed E-state index contributed by atoms with van der Waals surface area (Å²) in [5.41, 5.74) is 2.96. The van der Waals surface area contributed by atoms with Gasteiger partial charge in [0.1, 0.15) is 12.4 Å². The summed E-state index contributed by atoms with van der Waals surface area (Å²) in [6.45, 7) is 0.299. The number of hydrogen-bond acceptors (Lipinski definition) is 2. The van der Waals surface area contributed by atoms with Crippen molar-refractivity contribution in [3.05, 3.63) is 162 Å². The minimum atomic E-state index is -3.11. The molecule has 0 amide bonds. The Morgan fingerprint density at radius 2 is 1.06 bits per heavy atom. The van der Waals surface area contributed by atoms with Crippen LogP contribution < -0.4 is 15.9 Å². The van der Waals surface area contributed by atoms with E-state index in [4.69, 9.17) is 4.74 Å². The van der Waals surface area contributed by atoms with Crippen molar-refractivity contribution in [2.24, 2.45) is 0 Å². The fraction of sp³-hybridized carbons (Fsp3) is 0.0303. The third kappa shape index (κ3) is 5.10. The van der Waals surface area contributed by atoms with Crippen LogP contribution in [0.25, 0.3) is 11.8 Å². The maximum absolute atomic E-state index is 15.0. The summed E-state index contributed by atoms with van der Waals surface area (Å²) >= 11 is 0. The van der Waals surface area contributed by atoms with Crippen LogP contribution in [0.15, 0.2) is 146 Å². The molecule has 0 aliphatic carbocycles. The summed E-state index contributed by atoms with van der Waals surface area (Å²) in [4.78, 5) is 0. The highest BCUT2D eigenvalue weighted by atomic mass is 31.2. The van der Waals surface area contributed by atoms with E-state index in [0.29, 0.717) is 6.61 Å². The maximum atomic E-state index is 15.0. The largest absolute Gasteiger partial charge is 0.488 e. The van der Waals surface area contributed by atoms with Crippen LogP contribution in [0.5, 0.6) is 0 Å². The molecule has 0 saturated carbocycles. The van der Waals surface area contributed by atoms with Gasteiger partial charge in [0.15, 0.2) is 7.14 Å². The van der Waals surface area contributed by atoms with Crippen LogP contribution in [0, 0.1) is 0 Å². The van der Waals surface area contributed by atoms with Crippen molar-refractivity contribution in [3.63, 3.8) is 0 Å². The molecular weight excluding hydrogens is 459 g/mol. The summed E-state index contributed by atoms with van der Waals surface area (Å²) in [5, 5.41) is 2.42. The van der Waals surface area contributed by atoms with Crippen LogP contribution >= 0.6 is 7.14 Å². The van der Waals surface area contributed by atoms with E-state index < -0.39 is 7.14 Å². The molecule has 0 aliphatic rings. The minimum Gasteiger partial charge on any atom is -0.488 e. The second-order valence-corrected chi connectivity index (χ2v) is 11.2. The van der Waals surface area contributed by atoms with Crippen LogP contribution in [0.2, 0.25) is 0 Å². The molecule has 0 radical (unpaired) electrons. The lowest BCUT2D eigenvalue weighted by Gasteiger charge is -2.23. The number of rotatable bonds is 8. The molecule has 0 atom stereocenters. The van der Waals surface area contributed by atoms with Gasteiger partial charge in [-0.05, 0) is 11.6 Å². The normalized spacial score (nSPS) is 11.7. The van der Waals surface area contributed by atoms with Gasteiger partial charge < -0.3 is 9.30 Å². The van der Waals surface area contributed by atoms with E-state index in [1.807, 2.05) is 140 Å². The molecule has 0 bridgehead atoms. The standard InChI is InChI=1S/C33H27O2P/c34-36(30-20-9-3-10-21-30,31-22-11-4-12-23-31)33-24-14-13-19-29(33)26-35-32(28-17-7-2-8-18-28)25-27-15-5-1-6-16-27/h1-25H,26H2/b32-25+. The van der Waals surface area contributed by atoms with E-state index in [9.17, 15) is 4.57 Å². The second-order valence-electron chi connectivity index (χ2n) is 8.48. The molecule has 5 aromatic rings. The maximum Gasteiger partial charge on any atom is 0.171 e. The Kier molecular flexibility index (Phi) is 7.26. The van der Waals surface area contributed by atoms with Crippen molar-refractivity contribution in [2.45, 2.75) is 6.61 Å². The monoisotopic (exact) mass is 486 g/mol. The van der Waals surface area contributed by atoms with Gasteiger partial charge in [-0.2, -0.15) is 0 Å². The molecule has 0 spiro atoms. The molecule has 5 aromatic carbocycles. The van der Waals surface area contributed by atoms with Gasteiger partial charge in [0.2, 0.25) is 0 Å². The van der Waals surface area contributed by atoms with Crippen molar-refractivity contribution in [2.75, 3.05) is 0 Å². The van der Waals surface area contributed by atoms with E-state index in [2.05, 4.69) is 12.1 Å². The summed E-state index contributed by atoms with van der Waals surface area (Å²) in [5.74, 6) is 0.769. The molecule has 3 heteroatoms. The molecule has 2 nitrogen and oxygen atoms in total. The zero-order chi connectivity index (χ0) is 24.6. The molecule has 36 heavy (non-hydrogen) atoms. The van der Waals surface area contributed by atoms with Gasteiger partial charge in [-0.1, -0.05) is 146 Å². The minimum absolute atomic E-state index is 0.299. The van der Waals surface area contributed by atoms with Gasteiger partial charge in [0.25, 0.3) is 0 Å². The van der Waals surface area contributed by atoms with Crippen LogP contribution in [0.4, 0.5) is 0 Å². The summed E-state index contributed by atoms with van der Waals surface area (Å²) < 4.78 is 21.4. The number of benzene rings is 5. The molecule has 0 fully saturated rings. The van der Waals surface area contributed by atoms with E-state index in [0.717, 1.165) is 38.4 Å². The van der Waals surface area contributed by atoms with E-state index in [-0.39, 0.29) is 0 Å². The Labute approximate surface area is 212 Å². The smallest absolute Gasteiger partial charge is 0.171 e. The first kappa shape index (κ1) is 23.6. The lowest BCUT2D eigenvalue weighted by atomic mass is 10.1. The van der Waals surface area contributed by atoms with E-state index >= 15 is 0 Å². The number of ether oxygens (including phenoxy) is 1. The topological polar surface area (TPSA) is 26.3 Å². The van der Waals surface area contributed by atoms with Crippen molar-refractivity contribution in [3.8, 4) is 0 Å². The van der Waals surface area contributed by atoms with Gasteiger partial charge in [-0.25, -0.2) is 0 Å². The SMILES string of the molecule is O=P(c1ccccc1)(c1ccccc1)c1ccccc1CO/C(=C/c1ccccc1)c1ccccc1. The van der Waals surface area contributed by atoms with Crippen molar-refractivity contribution in [1.29, 1.82) is 0 Å². The van der Waals surface area contributed by atoms with Crippen LogP contribution in [0.3, 0.4) is 0 Å². The predicted molar refractivity (Wildman–Crippen MR) is 151 cm³/mol. The summed E-state index contributed by atoms with van der Waals surface area (Å²) in [6.07, 6.45) is 2.05. The van der Waals surface area contributed by atoms with E-state index in [1.165, 1.54) is 0 Å². The summed E-state index contributed by atoms with van der Waals surface area (Å²) in [7, 11) is -3.11. The molecule has 0 aliphatic heterocycles. The Morgan fingerprint density at radius 1 is 0.583 bits per heavy atom. The van der Waals surface area contributed by atoms with Crippen LogP contribution in [0.1, 0.15) is 16.7 Å². The zero-order valence-electron chi connectivity index (χ0n) is 19.9. The molecular formula is C33H27O2P. The third-order valence-electron chi connectivity index (χ3n) is 6.11. The average molecular weight is 487 g/mol. The summed E-state index contributed by atoms with van der Waals surface area (Å²) in [6, 6.07) is 47.6. The van der Waals surface area contributed by atoms with Crippen LogP contribution in [-0.4, -0.2) is 0 Å². The predicted octanol–water partition coefficient (Wildman–Crippen LogP) is 7.04. The Bertz CT molecular complexity index is 1440. The Balaban J connectivity index is 1.56. The molecule has 0 aromatic heterocycles. The molecule has 176 valence electrons. The zero-order valence-corrected chi connectivity index (χ0v) is 20.8. The third-order valence-corrected chi connectivity index (χ3v) is 9.27. The van der Waals surface area contributed by atoms with Crippen molar-refractivity contribution in [1.82, 2.24) is 0 Å². The van der Waals surface area contributed by atoms with Gasteiger partial charge >= 0.3 is 0 Å². The highest BCUT2D eigenvalue weighted by Gasteiger charge is 2.31. The first-order chi connectivity index (χ1) is 17.7. The molecule has 0 N–H and O–H groups in total. The highest BCUT2D eigenvalue weighted by molar-refractivity contribution is 7.85.